The van der Waals surface area contributed by atoms with Gasteiger partial charge in [-0.2, -0.15) is 0 Å². The molecule has 6 N–H and O–H groups in total. The van der Waals surface area contributed by atoms with Crippen LogP contribution in [0.25, 0.3) is 0 Å². The molecule has 0 rings (SSSR count). The molecule has 0 spiro atoms. The molecular weight excluding hydrogens is 219 g/mol. The first kappa shape index (κ1) is 12.8. The highest BCUT2D eigenvalue weighted by molar-refractivity contribution is 7.51. The van der Waals surface area contributed by atoms with Gasteiger partial charge in [0, 0.05) is 0 Å². The van der Waals surface area contributed by atoms with Crippen molar-refractivity contribution in [1.82, 2.24) is 10.8 Å². The van der Waals surface area contributed by atoms with Gasteiger partial charge >= 0.3 is 19.6 Å². The average molecular weight is 228 g/mol. The smallest absolute Gasteiger partial charge is 0.339 e. The van der Waals surface area contributed by atoms with Crippen LogP contribution in [0, 0.1) is 0 Å². The molecule has 0 radical (unpaired) electrons. The van der Waals surface area contributed by atoms with Crippen molar-refractivity contribution < 1.29 is 34.3 Å². The van der Waals surface area contributed by atoms with Crippen LogP contribution in [0.4, 0.5) is 4.79 Å². The highest BCUT2D eigenvalue weighted by Crippen LogP contribution is 2.34. The molecule has 1 unspecified atom stereocenters. The van der Waals surface area contributed by atoms with Crippen LogP contribution >= 0.6 is 7.60 Å². The van der Waals surface area contributed by atoms with Crippen LogP contribution in [0.5, 0.6) is 0 Å². The Hall–Kier alpha value is -1.15. The van der Waals surface area contributed by atoms with Crippen molar-refractivity contribution in [3.63, 3.8) is 0 Å². The summed E-state index contributed by atoms with van der Waals surface area (Å²) in [5, 5.41) is 18.1. The lowest BCUT2D eigenvalue weighted by atomic mass is 10.3. The van der Waals surface area contributed by atoms with Crippen molar-refractivity contribution in [1.29, 1.82) is 0 Å². The van der Waals surface area contributed by atoms with Crippen molar-refractivity contribution in [2.75, 3.05) is 6.16 Å². The molecule has 0 aliphatic rings. The van der Waals surface area contributed by atoms with Gasteiger partial charge < -0.3 is 20.2 Å². The lowest BCUT2D eigenvalue weighted by Gasteiger charge is -2.13. The fraction of sp³-hybridized carbons (Fsp3) is 0.500. The first-order valence-electron chi connectivity index (χ1n) is 3.24. The minimum Gasteiger partial charge on any atom is -0.480 e. The number of carboxylic acid groups (broad SMARTS) is 1. The molecule has 2 amide bonds. The van der Waals surface area contributed by atoms with E-state index in [0.29, 0.717) is 0 Å². The van der Waals surface area contributed by atoms with Crippen LogP contribution in [0.2, 0.25) is 0 Å². The number of carbonyl (C=O) groups excluding carboxylic acids is 1. The first-order valence-corrected chi connectivity index (χ1v) is 5.04. The number of nitrogens with one attached hydrogen (secondary N) is 2. The Morgan fingerprint density at radius 2 is 1.86 bits per heavy atom. The van der Waals surface area contributed by atoms with Crippen LogP contribution in [0.1, 0.15) is 0 Å². The molecule has 0 aliphatic carbocycles. The maximum atomic E-state index is 10.4. The van der Waals surface area contributed by atoms with Crippen LogP contribution in [0.3, 0.4) is 0 Å². The normalized spacial score (nSPS) is 13.1. The Kier molecular flexibility index (Phi) is 4.51. The number of urea groups is 1. The van der Waals surface area contributed by atoms with Gasteiger partial charge in [0.1, 0.15) is 6.04 Å². The molecule has 9 nitrogen and oxygen atoms in total. The number of hydrogen-bond acceptors (Lipinski definition) is 4. The third-order valence-corrected chi connectivity index (χ3v) is 1.97. The number of carboxylic acids is 1. The van der Waals surface area contributed by atoms with Crippen molar-refractivity contribution in [3.8, 4) is 0 Å². The quantitative estimate of drug-likeness (QED) is 0.190. The molecule has 1 atom stereocenters. The third kappa shape index (κ3) is 5.49. The van der Waals surface area contributed by atoms with Crippen LogP contribution in [-0.2, 0) is 9.36 Å². The molecule has 0 aromatic carbocycles. The zero-order valence-electron chi connectivity index (χ0n) is 6.75. The van der Waals surface area contributed by atoms with Gasteiger partial charge in [-0.15, -0.1) is 0 Å². The van der Waals surface area contributed by atoms with E-state index >= 15 is 0 Å². The van der Waals surface area contributed by atoms with Crippen LogP contribution in [0.15, 0.2) is 0 Å². The van der Waals surface area contributed by atoms with Crippen molar-refractivity contribution in [3.05, 3.63) is 0 Å². The highest BCUT2D eigenvalue weighted by atomic mass is 31.2. The lowest BCUT2D eigenvalue weighted by Crippen LogP contribution is -2.47. The number of hydroxylamine groups is 1. The Bertz CT molecular complexity index is 273. The van der Waals surface area contributed by atoms with E-state index in [4.69, 9.17) is 20.1 Å². The summed E-state index contributed by atoms with van der Waals surface area (Å²) in [5.41, 5.74) is 1.07. The first-order chi connectivity index (χ1) is 6.26. The fourth-order valence-electron chi connectivity index (χ4n) is 0.614. The second kappa shape index (κ2) is 4.91. The molecule has 14 heavy (non-hydrogen) atoms. The largest absolute Gasteiger partial charge is 0.480 e. The molecule has 0 saturated heterocycles. The van der Waals surface area contributed by atoms with Gasteiger partial charge in [-0.25, -0.2) is 15.1 Å². The van der Waals surface area contributed by atoms with Crippen LogP contribution in [-0.4, -0.2) is 44.3 Å². The van der Waals surface area contributed by atoms with Gasteiger partial charge in [-0.3, -0.25) is 9.77 Å². The SMILES string of the molecule is O=C(NO)NC(CP(=O)(O)O)C(=O)O. The molecular formula is C4H9N2O7P. The predicted molar refractivity (Wildman–Crippen MR) is 41.8 cm³/mol. The number of amides is 2. The summed E-state index contributed by atoms with van der Waals surface area (Å²) in [7, 11) is -4.55. The summed E-state index contributed by atoms with van der Waals surface area (Å²) >= 11 is 0. The molecule has 82 valence electrons. The molecule has 0 aromatic rings. The molecule has 0 heterocycles. The molecule has 0 fully saturated rings. The summed E-state index contributed by atoms with van der Waals surface area (Å²) in [4.78, 5) is 37.7. The molecule has 0 bridgehead atoms. The predicted octanol–water partition coefficient (Wildman–Crippen LogP) is -1.69. The van der Waals surface area contributed by atoms with E-state index in [1.54, 1.807) is 5.32 Å². The van der Waals surface area contributed by atoms with Crippen molar-refractivity contribution in [2.45, 2.75) is 6.04 Å². The minimum atomic E-state index is -4.55. The van der Waals surface area contributed by atoms with Gasteiger partial charge in [0.05, 0.1) is 6.16 Å². The van der Waals surface area contributed by atoms with Gasteiger partial charge in [-0.1, -0.05) is 0 Å². The van der Waals surface area contributed by atoms with E-state index in [0.717, 1.165) is 5.48 Å². The summed E-state index contributed by atoms with van der Waals surface area (Å²) in [5.74, 6) is -1.61. The van der Waals surface area contributed by atoms with E-state index in [2.05, 4.69) is 0 Å². The topological polar surface area (TPSA) is 156 Å². The standard InChI is InChI=1S/C4H9N2O7P/c7-3(8)2(1-14(11,12)13)5-4(9)6-10/h2,10H,1H2,(H,7,8)(H2,5,6,9)(H2,11,12,13). The van der Waals surface area contributed by atoms with Gasteiger partial charge in [-0.05, 0) is 0 Å². The number of rotatable bonds is 4. The molecule has 0 saturated carbocycles. The Labute approximate surface area is 77.9 Å². The lowest BCUT2D eigenvalue weighted by molar-refractivity contribution is -0.138. The maximum absolute atomic E-state index is 10.4. The van der Waals surface area contributed by atoms with Gasteiger partial charge in [0.25, 0.3) is 0 Å². The van der Waals surface area contributed by atoms with E-state index in [-0.39, 0.29) is 0 Å². The second-order valence-electron chi connectivity index (χ2n) is 2.32. The maximum Gasteiger partial charge on any atom is 0.339 e. The highest BCUT2D eigenvalue weighted by Gasteiger charge is 2.28. The fourth-order valence-corrected chi connectivity index (χ4v) is 1.34. The minimum absolute atomic E-state index is 1.05. The third-order valence-electron chi connectivity index (χ3n) is 1.13. The summed E-state index contributed by atoms with van der Waals surface area (Å²) < 4.78 is 10.4. The summed E-state index contributed by atoms with van der Waals surface area (Å²) in [6, 6.07) is -3.02. The molecule has 0 aliphatic heterocycles. The van der Waals surface area contributed by atoms with Gasteiger partial charge in [0.15, 0.2) is 0 Å². The van der Waals surface area contributed by atoms with E-state index < -0.39 is 31.8 Å². The number of carbonyl (C=O) groups is 2. The Morgan fingerprint density at radius 1 is 1.36 bits per heavy atom. The second-order valence-corrected chi connectivity index (χ2v) is 4.02. The van der Waals surface area contributed by atoms with Gasteiger partial charge in [0.2, 0.25) is 0 Å². The van der Waals surface area contributed by atoms with E-state index in [1.807, 2.05) is 0 Å². The zero-order chi connectivity index (χ0) is 11.4. The Morgan fingerprint density at radius 3 is 2.14 bits per heavy atom. The number of aliphatic carboxylic acids is 1. The Balaban J connectivity index is 4.39. The van der Waals surface area contributed by atoms with E-state index in [1.165, 1.54) is 0 Å². The summed E-state index contributed by atoms with van der Waals surface area (Å²) in [6.07, 6.45) is -1.05. The monoisotopic (exact) mass is 228 g/mol. The molecule has 10 heteroatoms. The zero-order valence-corrected chi connectivity index (χ0v) is 7.64. The number of hydrogen-bond donors (Lipinski definition) is 6. The van der Waals surface area contributed by atoms with Crippen LogP contribution < -0.4 is 10.8 Å². The van der Waals surface area contributed by atoms with E-state index in [9.17, 15) is 14.2 Å². The molecule has 0 aromatic heterocycles. The summed E-state index contributed by atoms with van der Waals surface area (Å²) in [6.45, 7) is 0. The van der Waals surface area contributed by atoms with Crippen molar-refractivity contribution in [2.24, 2.45) is 0 Å². The average Bonchev–Trinajstić information content (AvgIpc) is 2.00. The van der Waals surface area contributed by atoms with Crippen molar-refractivity contribution >= 4 is 19.6 Å².